The van der Waals surface area contributed by atoms with Crippen LogP contribution in [0.25, 0.3) is 0 Å². The molecule has 0 aliphatic heterocycles. The number of hydrogen-bond donors (Lipinski definition) is 3. The molecule has 0 aromatic heterocycles. The highest BCUT2D eigenvalue weighted by Crippen LogP contribution is 2.43. The molecule has 3 N–H and O–H groups in total. The molecule has 0 bridgehead atoms. The number of quaternary nitrogens is 1. The number of phosphoric ester groups is 1. The number of phosphoric acid groups is 1. The molecule has 3 unspecified atom stereocenters. The van der Waals surface area contributed by atoms with E-state index in [4.69, 9.17) is 9.05 Å². The molecule has 0 fully saturated rings. The Hall–Kier alpha value is -3.10. The standard InChI is InChI=1S/C57H97N2O6P/c1-6-8-10-12-14-15-16-17-18-19-20-21-22-23-24-25-26-27-28-29-30-31-32-33-34-35-36-37-38-39-40-41-42-43-45-47-49-51-57(61)58-55(56(60)50-48-46-44-13-11-9-7-2)54-65-66(62,63)64-53-52-59(3,4)5/h8,10-11,13-15,17-18,20-21,23-24,26-27,29-30,32-33,48,50,55-56,60H,6-7,9,12,16,19,22,25,28,31,34-47,49,51-54H2,1-5H3,(H-,58,61,62,63)/p+1/b10-8-,13-11+,15-14-,18-17-,21-20-,24-23-,27-26-,30-29-,33-32-,50-48+. The Bertz CT molecular complexity index is 1480. The van der Waals surface area contributed by atoms with E-state index >= 15 is 0 Å². The van der Waals surface area contributed by atoms with Gasteiger partial charge in [-0.25, -0.2) is 4.57 Å². The number of carbonyl (C=O) groups excluding carboxylic acids is 1. The summed E-state index contributed by atoms with van der Waals surface area (Å²) in [5.41, 5.74) is 0. The van der Waals surface area contributed by atoms with Crippen molar-refractivity contribution in [1.82, 2.24) is 5.32 Å². The molecule has 0 spiro atoms. The fourth-order valence-electron chi connectivity index (χ4n) is 6.61. The number of amides is 1. The van der Waals surface area contributed by atoms with Crippen molar-refractivity contribution in [1.29, 1.82) is 0 Å². The van der Waals surface area contributed by atoms with Crippen LogP contribution in [0.2, 0.25) is 0 Å². The van der Waals surface area contributed by atoms with Gasteiger partial charge < -0.3 is 19.8 Å². The predicted octanol–water partition coefficient (Wildman–Crippen LogP) is 15.4. The van der Waals surface area contributed by atoms with E-state index < -0.39 is 20.0 Å². The van der Waals surface area contributed by atoms with Crippen LogP contribution < -0.4 is 5.32 Å². The van der Waals surface area contributed by atoms with Crippen LogP contribution in [0.1, 0.15) is 181 Å². The molecule has 3 atom stereocenters. The second-order valence-corrected chi connectivity index (χ2v) is 19.6. The average molecular weight is 938 g/mol. The molecule has 8 nitrogen and oxygen atoms in total. The highest BCUT2D eigenvalue weighted by Gasteiger charge is 2.27. The number of nitrogens with one attached hydrogen (secondary N) is 1. The lowest BCUT2D eigenvalue weighted by Crippen LogP contribution is -2.45. The number of aliphatic hydroxyl groups excluding tert-OH is 1. The Labute approximate surface area is 405 Å². The van der Waals surface area contributed by atoms with Crippen molar-refractivity contribution in [2.45, 2.75) is 193 Å². The van der Waals surface area contributed by atoms with E-state index in [0.717, 1.165) is 96.3 Å². The maximum Gasteiger partial charge on any atom is 0.472 e. The summed E-state index contributed by atoms with van der Waals surface area (Å²) in [5, 5.41) is 13.7. The minimum atomic E-state index is -4.34. The first-order valence-corrected chi connectivity index (χ1v) is 27.4. The van der Waals surface area contributed by atoms with Crippen LogP contribution in [-0.2, 0) is 18.4 Å². The van der Waals surface area contributed by atoms with Crippen LogP contribution in [0.4, 0.5) is 0 Å². The average Bonchev–Trinajstić information content (AvgIpc) is 3.28. The van der Waals surface area contributed by atoms with Crippen LogP contribution in [0.5, 0.6) is 0 Å². The van der Waals surface area contributed by atoms with E-state index in [0.29, 0.717) is 17.4 Å². The summed E-state index contributed by atoms with van der Waals surface area (Å²) in [6, 6.07) is -0.868. The normalized spacial score (nSPS) is 15.1. The second kappa shape index (κ2) is 47.0. The monoisotopic (exact) mass is 938 g/mol. The Morgan fingerprint density at radius 3 is 1.38 bits per heavy atom. The highest BCUT2D eigenvalue weighted by molar-refractivity contribution is 7.47. The Kier molecular flexibility index (Phi) is 44.8. The Morgan fingerprint density at radius 2 is 0.924 bits per heavy atom. The quantitative estimate of drug-likeness (QED) is 0.0243. The number of unbranched alkanes of at least 4 members (excludes halogenated alkanes) is 14. The van der Waals surface area contributed by atoms with Gasteiger partial charge in [-0.1, -0.05) is 206 Å². The maximum absolute atomic E-state index is 12.8. The molecule has 9 heteroatoms. The van der Waals surface area contributed by atoms with E-state index in [1.165, 1.54) is 64.2 Å². The number of likely N-dealkylation sites (N-methyl/N-ethyl adjacent to an activating group) is 1. The summed E-state index contributed by atoms with van der Waals surface area (Å²) in [5.74, 6) is -0.200. The largest absolute Gasteiger partial charge is 0.472 e. The fourth-order valence-corrected chi connectivity index (χ4v) is 7.34. The molecule has 0 aliphatic rings. The van der Waals surface area contributed by atoms with Crippen molar-refractivity contribution in [3.63, 3.8) is 0 Å². The third kappa shape index (κ3) is 48.8. The highest BCUT2D eigenvalue weighted by atomic mass is 31.2. The van der Waals surface area contributed by atoms with Crippen LogP contribution in [0.3, 0.4) is 0 Å². The molecule has 0 rings (SSSR count). The van der Waals surface area contributed by atoms with Crippen LogP contribution in [0.15, 0.2) is 122 Å². The van der Waals surface area contributed by atoms with Crippen LogP contribution >= 0.6 is 7.82 Å². The minimum Gasteiger partial charge on any atom is -0.387 e. The lowest BCUT2D eigenvalue weighted by atomic mass is 10.0. The first-order valence-electron chi connectivity index (χ1n) is 25.9. The van der Waals surface area contributed by atoms with Crippen molar-refractivity contribution in [2.75, 3.05) is 40.9 Å². The Balaban J connectivity index is 3.98. The summed E-state index contributed by atoms with van der Waals surface area (Å²) in [4.78, 5) is 23.0. The molecular formula is C57H98N2O6P+. The molecule has 0 aliphatic carbocycles. The van der Waals surface area contributed by atoms with Gasteiger partial charge in [-0.3, -0.25) is 13.8 Å². The molecule has 376 valence electrons. The van der Waals surface area contributed by atoms with Crippen molar-refractivity contribution < 1.29 is 32.9 Å². The summed E-state index contributed by atoms with van der Waals surface area (Å²) in [7, 11) is 1.53. The van der Waals surface area contributed by atoms with E-state index in [1.807, 2.05) is 27.2 Å². The molecule has 66 heavy (non-hydrogen) atoms. The second-order valence-electron chi connectivity index (χ2n) is 18.2. The zero-order valence-corrected chi connectivity index (χ0v) is 43.5. The molecule has 0 heterocycles. The fraction of sp³-hybridized carbons (Fsp3) is 0.632. The molecule has 1 amide bonds. The van der Waals surface area contributed by atoms with Gasteiger partial charge in [-0.2, -0.15) is 0 Å². The smallest absolute Gasteiger partial charge is 0.387 e. The first-order chi connectivity index (χ1) is 32.0. The van der Waals surface area contributed by atoms with Crippen molar-refractivity contribution >= 4 is 13.7 Å². The van der Waals surface area contributed by atoms with Gasteiger partial charge in [0.05, 0.1) is 39.9 Å². The minimum absolute atomic E-state index is 0.0497. The molecular weight excluding hydrogens is 840 g/mol. The van der Waals surface area contributed by atoms with E-state index in [2.05, 4.69) is 129 Å². The van der Waals surface area contributed by atoms with Gasteiger partial charge in [0.25, 0.3) is 0 Å². The number of nitrogens with zero attached hydrogens (tertiary/aromatic N) is 1. The van der Waals surface area contributed by atoms with E-state index in [-0.39, 0.29) is 19.1 Å². The predicted molar refractivity (Wildman–Crippen MR) is 285 cm³/mol. The molecule has 0 radical (unpaired) electrons. The molecule has 0 aromatic rings. The van der Waals surface area contributed by atoms with Gasteiger partial charge in [-0.05, 0) is 89.9 Å². The summed E-state index contributed by atoms with van der Waals surface area (Å²) in [6.07, 6.45) is 70.5. The molecule has 0 saturated heterocycles. The van der Waals surface area contributed by atoms with Gasteiger partial charge in [0.2, 0.25) is 5.91 Å². The summed E-state index contributed by atoms with van der Waals surface area (Å²) < 4.78 is 23.4. The van der Waals surface area contributed by atoms with Crippen LogP contribution in [-0.4, -0.2) is 73.4 Å². The first kappa shape index (κ1) is 62.9. The van der Waals surface area contributed by atoms with Gasteiger partial charge in [-0.15, -0.1) is 0 Å². The van der Waals surface area contributed by atoms with E-state index in [1.54, 1.807) is 6.08 Å². The molecule has 0 aromatic carbocycles. The summed E-state index contributed by atoms with van der Waals surface area (Å²) in [6.45, 7) is 4.54. The van der Waals surface area contributed by atoms with Crippen LogP contribution in [0, 0.1) is 0 Å². The lowest BCUT2D eigenvalue weighted by Gasteiger charge is -2.25. The summed E-state index contributed by atoms with van der Waals surface area (Å²) >= 11 is 0. The third-order valence-electron chi connectivity index (χ3n) is 10.6. The van der Waals surface area contributed by atoms with Gasteiger partial charge in [0.15, 0.2) is 0 Å². The number of allylic oxidation sites excluding steroid dienone is 19. The van der Waals surface area contributed by atoms with E-state index in [9.17, 15) is 19.4 Å². The number of aliphatic hydroxyl groups is 1. The zero-order valence-electron chi connectivity index (χ0n) is 42.6. The zero-order chi connectivity index (χ0) is 48.5. The van der Waals surface area contributed by atoms with Gasteiger partial charge in [0.1, 0.15) is 13.2 Å². The topological polar surface area (TPSA) is 105 Å². The Morgan fingerprint density at radius 1 is 0.530 bits per heavy atom. The number of hydrogen-bond acceptors (Lipinski definition) is 5. The number of rotatable bonds is 45. The molecule has 0 saturated carbocycles. The number of carbonyl (C=O) groups is 1. The lowest BCUT2D eigenvalue weighted by molar-refractivity contribution is -0.870. The van der Waals surface area contributed by atoms with Gasteiger partial charge >= 0.3 is 7.82 Å². The van der Waals surface area contributed by atoms with Crippen molar-refractivity contribution in [3.05, 3.63) is 122 Å². The maximum atomic E-state index is 12.8. The third-order valence-corrected chi connectivity index (χ3v) is 11.6. The van der Waals surface area contributed by atoms with Crippen molar-refractivity contribution in [2.24, 2.45) is 0 Å². The van der Waals surface area contributed by atoms with Gasteiger partial charge in [0, 0.05) is 6.42 Å². The van der Waals surface area contributed by atoms with Crippen molar-refractivity contribution in [3.8, 4) is 0 Å². The SMILES string of the molecule is CC/C=C\C/C=C\C/C=C\C/C=C\C/C=C\C/C=C\C/C=C\C/C=C\CCCCCCCCCCCCCCC(=O)NC(COP(=O)(O)OCC[N+](C)(C)C)C(O)/C=C/CC/C=C/CCC.